The molecule has 8 heteroatoms. The maximum atomic E-state index is 12.9. The fourth-order valence-electron chi connectivity index (χ4n) is 4.95. The molecule has 3 atom stereocenters. The van der Waals surface area contributed by atoms with E-state index in [1.807, 2.05) is 80.6 Å². The molecule has 8 nitrogen and oxygen atoms in total. The van der Waals surface area contributed by atoms with Gasteiger partial charge in [-0.25, -0.2) is 9.59 Å². The van der Waals surface area contributed by atoms with Crippen molar-refractivity contribution in [1.82, 2.24) is 10.6 Å². The Kier molecular flexibility index (Phi) is 9.56. The van der Waals surface area contributed by atoms with Crippen molar-refractivity contribution in [2.45, 2.75) is 57.9 Å². The summed E-state index contributed by atoms with van der Waals surface area (Å²) in [5, 5.41) is 15.1. The van der Waals surface area contributed by atoms with E-state index in [2.05, 4.69) is 22.8 Å². The minimum Gasteiger partial charge on any atom is -0.480 e. The van der Waals surface area contributed by atoms with E-state index in [1.165, 1.54) is 0 Å². The fourth-order valence-corrected chi connectivity index (χ4v) is 4.95. The lowest BCUT2D eigenvalue weighted by Crippen LogP contribution is -2.51. The zero-order valence-corrected chi connectivity index (χ0v) is 23.0. The molecule has 2 unspecified atom stereocenters. The highest BCUT2D eigenvalue weighted by Crippen LogP contribution is 2.44. The molecule has 2 amide bonds. The molecule has 1 aliphatic rings. The summed E-state index contributed by atoms with van der Waals surface area (Å²) in [5.74, 6) is -1.87. The van der Waals surface area contributed by atoms with Crippen LogP contribution in [0.1, 0.15) is 49.8 Å². The summed E-state index contributed by atoms with van der Waals surface area (Å²) in [6, 6.07) is 23.8. The molecule has 210 valence electrons. The van der Waals surface area contributed by atoms with Crippen LogP contribution in [-0.4, -0.2) is 47.9 Å². The van der Waals surface area contributed by atoms with E-state index in [0.717, 1.165) is 27.8 Å². The summed E-state index contributed by atoms with van der Waals surface area (Å²) in [6.45, 7) is 5.74. The Morgan fingerprint density at radius 1 is 0.825 bits per heavy atom. The van der Waals surface area contributed by atoms with Crippen molar-refractivity contribution < 1.29 is 29.0 Å². The zero-order chi connectivity index (χ0) is 28.6. The highest BCUT2D eigenvalue weighted by atomic mass is 16.5. The van der Waals surface area contributed by atoms with Gasteiger partial charge in [-0.15, -0.1) is 0 Å². The molecule has 3 N–H and O–H groups in total. The van der Waals surface area contributed by atoms with Crippen molar-refractivity contribution in [2.24, 2.45) is 5.92 Å². The van der Waals surface area contributed by atoms with Crippen molar-refractivity contribution in [3.8, 4) is 11.1 Å². The number of aliphatic carboxylic acids is 1. The normalized spacial score (nSPS) is 14.5. The molecule has 1 aliphatic carbocycles. The molecule has 0 heterocycles. The van der Waals surface area contributed by atoms with Gasteiger partial charge in [-0.1, -0.05) is 92.7 Å². The summed E-state index contributed by atoms with van der Waals surface area (Å²) in [5.41, 5.74) is 5.40. The topological polar surface area (TPSA) is 114 Å². The van der Waals surface area contributed by atoms with Gasteiger partial charge in [0.15, 0.2) is 6.04 Å². The van der Waals surface area contributed by atoms with Gasteiger partial charge in [-0.05, 0) is 40.7 Å². The average Bonchev–Trinajstić information content (AvgIpc) is 3.27. The minimum absolute atomic E-state index is 0.0763. The second kappa shape index (κ2) is 13.3. The number of nitrogens with one attached hydrogen (secondary N) is 2. The van der Waals surface area contributed by atoms with Crippen LogP contribution >= 0.6 is 0 Å². The molecule has 0 saturated heterocycles. The second-order valence-electron chi connectivity index (χ2n) is 10.4. The van der Waals surface area contributed by atoms with E-state index < -0.39 is 36.2 Å². The monoisotopic (exact) mass is 544 g/mol. The molecule has 0 radical (unpaired) electrons. The van der Waals surface area contributed by atoms with Gasteiger partial charge in [-0.3, -0.25) is 4.79 Å². The van der Waals surface area contributed by atoms with E-state index >= 15 is 0 Å². The van der Waals surface area contributed by atoms with Crippen molar-refractivity contribution in [3.63, 3.8) is 0 Å². The number of hydrogen-bond donors (Lipinski definition) is 3. The molecule has 40 heavy (non-hydrogen) atoms. The molecule has 0 aliphatic heterocycles. The van der Waals surface area contributed by atoms with Crippen molar-refractivity contribution in [3.05, 3.63) is 95.6 Å². The Labute approximate surface area is 234 Å². The smallest absolute Gasteiger partial charge is 0.407 e. The quantitative estimate of drug-likeness (QED) is 0.292. The molecular formula is C32H36N2O6. The predicted molar refractivity (Wildman–Crippen MR) is 152 cm³/mol. The summed E-state index contributed by atoms with van der Waals surface area (Å²) in [6.07, 6.45) is -1.49. The summed E-state index contributed by atoms with van der Waals surface area (Å²) in [7, 11) is 0. The number of rotatable bonds is 12. The van der Waals surface area contributed by atoms with Crippen molar-refractivity contribution in [1.29, 1.82) is 0 Å². The Hall–Kier alpha value is -4.17. The third-order valence-corrected chi connectivity index (χ3v) is 7.26. The van der Waals surface area contributed by atoms with Gasteiger partial charge >= 0.3 is 12.1 Å². The van der Waals surface area contributed by atoms with E-state index in [9.17, 15) is 19.5 Å². The molecular weight excluding hydrogens is 508 g/mol. The first kappa shape index (κ1) is 28.8. The van der Waals surface area contributed by atoms with Crippen molar-refractivity contribution in [2.75, 3.05) is 6.61 Å². The molecule has 0 aromatic heterocycles. The number of ether oxygens (including phenoxy) is 2. The zero-order valence-electron chi connectivity index (χ0n) is 23.0. The van der Waals surface area contributed by atoms with Gasteiger partial charge in [-0.2, -0.15) is 0 Å². The Bertz CT molecular complexity index is 1280. The lowest BCUT2D eigenvalue weighted by atomic mass is 9.98. The molecule has 0 spiro atoms. The standard InChI is InChI=1S/C32H36N2O6/c1-20(2)28(17-29(35)34-30(31(36)37)21(3)39-18-22-11-5-4-6-12-22)33-32(38)40-19-27-25-15-9-7-13-23(25)24-14-8-10-16-26(24)27/h4-16,20-21,27-28,30H,17-19H2,1-3H3,(H,33,38)(H,34,35)(H,36,37)/t21?,28-,30?/m1/s1. The lowest BCUT2D eigenvalue weighted by molar-refractivity contribution is -0.146. The van der Waals surface area contributed by atoms with Crippen LogP contribution < -0.4 is 10.6 Å². The van der Waals surface area contributed by atoms with Gasteiger partial charge in [0.25, 0.3) is 0 Å². The SMILES string of the molecule is CC(OCc1ccccc1)C(NC(=O)C[C@@H](NC(=O)OCC1c2ccccc2-c2ccccc21)C(C)C)C(=O)O. The predicted octanol–water partition coefficient (Wildman–Crippen LogP) is 5.11. The highest BCUT2D eigenvalue weighted by molar-refractivity contribution is 5.84. The number of carbonyl (C=O) groups is 3. The third-order valence-electron chi connectivity index (χ3n) is 7.26. The first-order valence-electron chi connectivity index (χ1n) is 13.5. The van der Waals surface area contributed by atoms with Crippen LogP contribution in [0.2, 0.25) is 0 Å². The molecule has 4 rings (SSSR count). The molecule has 0 saturated carbocycles. The Morgan fingerprint density at radius 3 is 1.98 bits per heavy atom. The summed E-state index contributed by atoms with van der Waals surface area (Å²) < 4.78 is 11.4. The summed E-state index contributed by atoms with van der Waals surface area (Å²) in [4.78, 5) is 37.5. The van der Waals surface area contributed by atoms with Crippen LogP contribution in [0.15, 0.2) is 78.9 Å². The number of carboxylic acids is 1. The maximum Gasteiger partial charge on any atom is 0.407 e. The number of hydrogen-bond acceptors (Lipinski definition) is 5. The van der Waals surface area contributed by atoms with Crippen LogP contribution in [0.25, 0.3) is 11.1 Å². The van der Waals surface area contributed by atoms with Crippen LogP contribution in [0, 0.1) is 5.92 Å². The fraction of sp³-hybridized carbons (Fsp3) is 0.344. The molecule has 0 bridgehead atoms. The number of alkyl carbamates (subject to hydrolysis) is 1. The van der Waals surface area contributed by atoms with E-state index in [4.69, 9.17) is 9.47 Å². The highest BCUT2D eigenvalue weighted by Gasteiger charge is 2.31. The molecule has 3 aromatic carbocycles. The molecule has 0 fully saturated rings. The second-order valence-corrected chi connectivity index (χ2v) is 10.4. The van der Waals surface area contributed by atoms with Crippen LogP contribution in [0.3, 0.4) is 0 Å². The number of carbonyl (C=O) groups excluding carboxylic acids is 2. The van der Waals surface area contributed by atoms with E-state index in [-0.39, 0.29) is 31.5 Å². The van der Waals surface area contributed by atoms with Crippen molar-refractivity contribution >= 4 is 18.0 Å². The van der Waals surface area contributed by atoms with Gasteiger partial charge < -0.3 is 25.2 Å². The Balaban J connectivity index is 1.31. The van der Waals surface area contributed by atoms with E-state index in [0.29, 0.717) is 0 Å². The number of amides is 2. The third kappa shape index (κ3) is 7.07. The number of benzene rings is 3. The van der Waals surface area contributed by atoms with Crippen LogP contribution in [0.5, 0.6) is 0 Å². The van der Waals surface area contributed by atoms with Gasteiger partial charge in [0.05, 0.1) is 12.7 Å². The van der Waals surface area contributed by atoms with Gasteiger partial charge in [0.2, 0.25) is 5.91 Å². The maximum absolute atomic E-state index is 12.9. The number of fused-ring (bicyclic) bond motifs is 3. The van der Waals surface area contributed by atoms with E-state index in [1.54, 1.807) is 6.92 Å². The minimum atomic E-state index is -1.24. The van der Waals surface area contributed by atoms with Crippen LogP contribution in [-0.2, 0) is 25.7 Å². The largest absolute Gasteiger partial charge is 0.480 e. The van der Waals surface area contributed by atoms with Crippen LogP contribution in [0.4, 0.5) is 4.79 Å². The summed E-state index contributed by atoms with van der Waals surface area (Å²) >= 11 is 0. The lowest BCUT2D eigenvalue weighted by Gasteiger charge is -2.25. The average molecular weight is 545 g/mol. The molecule has 3 aromatic rings. The Morgan fingerprint density at radius 2 is 1.40 bits per heavy atom. The van der Waals surface area contributed by atoms with Gasteiger partial charge in [0.1, 0.15) is 6.61 Å². The number of carboxylic acid groups (broad SMARTS) is 1. The first-order chi connectivity index (χ1) is 19.2. The first-order valence-corrected chi connectivity index (χ1v) is 13.5. The van der Waals surface area contributed by atoms with Gasteiger partial charge in [0, 0.05) is 18.4 Å².